The van der Waals surface area contributed by atoms with Crippen molar-refractivity contribution in [1.29, 1.82) is 0 Å². The van der Waals surface area contributed by atoms with Crippen LogP contribution in [0.1, 0.15) is 168 Å². The van der Waals surface area contributed by atoms with E-state index in [0.717, 1.165) is 32.1 Å². The van der Waals surface area contributed by atoms with Crippen LogP contribution in [-0.4, -0.2) is 75.3 Å². The number of esters is 1. The van der Waals surface area contributed by atoms with Gasteiger partial charge in [-0.2, -0.15) is 0 Å². The van der Waals surface area contributed by atoms with Gasteiger partial charge in [0, 0.05) is 6.42 Å². The summed E-state index contributed by atoms with van der Waals surface area (Å²) < 4.78 is 34.2. The van der Waals surface area contributed by atoms with Crippen molar-refractivity contribution in [3.05, 3.63) is 48.8 Å². The number of carbonyl (C=O) groups is 1. The van der Waals surface area contributed by atoms with Crippen LogP contribution >= 0.6 is 7.82 Å². The van der Waals surface area contributed by atoms with Crippen LogP contribution in [0.5, 0.6) is 0 Å². The van der Waals surface area contributed by atoms with E-state index in [1.807, 2.05) is 39.4 Å². The van der Waals surface area contributed by atoms with Gasteiger partial charge in [-0.25, -0.2) is 0 Å². The second kappa shape index (κ2) is 36.9. The van der Waals surface area contributed by atoms with E-state index in [-0.39, 0.29) is 26.2 Å². The van der Waals surface area contributed by atoms with Gasteiger partial charge < -0.3 is 33.0 Å². The lowest BCUT2D eigenvalue weighted by Crippen LogP contribution is -2.37. The summed E-state index contributed by atoms with van der Waals surface area (Å²) in [6.07, 6.45) is 41.1. The first-order valence-corrected chi connectivity index (χ1v) is 23.0. The molecule has 0 aromatic rings. The van der Waals surface area contributed by atoms with Gasteiger partial charge in [-0.3, -0.25) is 9.36 Å². The first-order chi connectivity index (χ1) is 26.0. The predicted molar refractivity (Wildman–Crippen MR) is 223 cm³/mol. The smallest absolute Gasteiger partial charge is 0.305 e. The summed E-state index contributed by atoms with van der Waals surface area (Å²) in [4.78, 5) is 24.8. The number of aliphatic hydroxyl groups excluding tert-OH is 1. The average molecular weight is 784 g/mol. The van der Waals surface area contributed by atoms with Crippen molar-refractivity contribution in [3.63, 3.8) is 0 Å². The molecule has 0 bridgehead atoms. The number of allylic oxidation sites excluding steroid dienone is 6. The maximum absolute atomic E-state index is 12.5. The van der Waals surface area contributed by atoms with Crippen molar-refractivity contribution in [2.45, 2.75) is 180 Å². The molecule has 0 saturated carbocycles. The zero-order valence-corrected chi connectivity index (χ0v) is 36.2. The lowest BCUT2D eigenvalue weighted by molar-refractivity contribution is -0.870. The average Bonchev–Trinajstić information content (AvgIpc) is 3.12. The van der Waals surface area contributed by atoms with Gasteiger partial charge in [-0.05, 0) is 51.0 Å². The largest absolute Gasteiger partial charge is 0.756 e. The maximum Gasteiger partial charge on any atom is 0.305 e. The third-order valence-electron chi connectivity index (χ3n) is 9.08. The molecule has 2 unspecified atom stereocenters. The summed E-state index contributed by atoms with van der Waals surface area (Å²) in [6.45, 7) is 4.48. The van der Waals surface area contributed by atoms with Crippen molar-refractivity contribution >= 4 is 13.8 Å². The summed E-state index contributed by atoms with van der Waals surface area (Å²) in [5, 5.41) is 10.3. The minimum Gasteiger partial charge on any atom is -0.756 e. The number of phosphoric ester groups is 1. The lowest BCUT2D eigenvalue weighted by atomic mass is 10.0. The van der Waals surface area contributed by atoms with Gasteiger partial charge in [-0.1, -0.05) is 153 Å². The van der Waals surface area contributed by atoms with Crippen molar-refractivity contribution < 1.29 is 42.4 Å². The number of aliphatic hydroxyl groups is 1. The van der Waals surface area contributed by atoms with Gasteiger partial charge in [0.05, 0.1) is 40.1 Å². The maximum atomic E-state index is 12.5. The molecule has 3 atom stereocenters. The van der Waals surface area contributed by atoms with E-state index in [1.54, 1.807) is 6.08 Å². The highest BCUT2D eigenvalue weighted by atomic mass is 31.2. The molecular formula is C44H82NO8P. The van der Waals surface area contributed by atoms with Crippen molar-refractivity contribution in [1.82, 2.24) is 0 Å². The molecule has 0 aromatic heterocycles. The fourth-order valence-electron chi connectivity index (χ4n) is 5.60. The lowest BCUT2D eigenvalue weighted by Gasteiger charge is -2.28. The molecule has 0 spiro atoms. The number of ether oxygens (including phenoxy) is 2. The summed E-state index contributed by atoms with van der Waals surface area (Å²) in [5.74, 6) is -0.447. The number of unbranched alkanes of at least 4 members (excludes halogenated alkanes) is 18. The Morgan fingerprint density at radius 2 is 1.26 bits per heavy atom. The van der Waals surface area contributed by atoms with Crippen LogP contribution in [0.4, 0.5) is 0 Å². The van der Waals surface area contributed by atoms with Crippen LogP contribution < -0.4 is 4.89 Å². The molecule has 0 fully saturated rings. The number of quaternary nitrogens is 1. The van der Waals surface area contributed by atoms with Gasteiger partial charge >= 0.3 is 5.97 Å². The number of hydrogen-bond acceptors (Lipinski definition) is 8. The molecule has 54 heavy (non-hydrogen) atoms. The van der Waals surface area contributed by atoms with E-state index in [4.69, 9.17) is 18.5 Å². The molecule has 10 heteroatoms. The normalized spacial score (nSPS) is 14.8. The fourth-order valence-corrected chi connectivity index (χ4v) is 6.33. The molecule has 0 aliphatic rings. The number of phosphoric acid groups is 1. The minimum absolute atomic E-state index is 0.00222. The van der Waals surface area contributed by atoms with Crippen LogP contribution in [0.15, 0.2) is 48.8 Å². The number of likely N-dealkylation sites (N-methyl/N-ethyl adjacent to an activating group) is 1. The van der Waals surface area contributed by atoms with E-state index in [9.17, 15) is 19.4 Å². The molecule has 316 valence electrons. The Morgan fingerprint density at radius 3 is 1.83 bits per heavy atom. The van der Waals surface area contributed by atoms with E-state index in [0.29, 0.717) is 23.9 Å². The standard InChI is InChI=1S/C44H82NO8P/c1-6-8-10-12-14-16-18-20-22-24-26-28-30-32-38-50-43(41-53-54(48,49)52-39-37-45(3,4)5)40-51-44(47)36-33-35-42(46)34-31-29-27-25-23-21-19-17-15-13-11-9-7-2/h21,23,27,29,31-32,34,38,42-43,46H,6-20,22,24-26,28,30,33,35-37,39-41H2,1-5H3/b23-21+,29-27+,34-31+,38-32+/t42?,43-/m1/s1. The molecule has 1 N–H and O–H groups in total. The van der Waals surface area contributed by atoms with Crippen LogP contribution in [0.25, 0.3) is 0 Å². The Kier molecular flexibility index (Phi) is 35.7. The topological polar surface area (TPSA) is 114 Å². The van der Waals surface area contributed by atoms with E-state index < -0.39 is 26.0 Å². The third kappa shape index (κ3) is 39.9. The molecule has 0 amide bonds. The molecular weight excluding hydrogens is 701 g/mol. The van der Waals surface area contributed by atoms with Gasteiger partial charge in [0.15, 0.2) is 6.10 Å². The Hall–Kier alpha value is -1.74. The number of hydrogen-bond donors (Lipinski definition) is 1. The fraction of sp³-hybridized carbons (Fsp3) is 0.795. The van der Waals surface area contributed by atoms with Gasteiger partial charge in [-0.15, -0.1) is 0 Å². The third-order valence-corrected chi connectivity index (χ3v) is 10.0. The molecule has 0 aromatic carbocycles. The van der Waals surface area contributed by atoms with Gasteiger partial charge in [0.25, 0.3) is 7.82 Å². The van der Waals surface area contributed by atoms with E-state index >= 15 is 0 Å². The second-order valence-electron chi connectivity index (χ2n) is 15.6. The predicted octanol–water partition coefficient (Wildman–Crippen LogP) is 11.1. The van der Waals surface area contributed by atoms with Crippen LogP contribution in [0.3, 0.4) is 0 Å². The Balaban J connectivity index is 4.48. The van der Waals surface area contributed by atoms with Crippen LogP contribution in [0.2, 0.25) is 0 Å². The molecule has 0 rings (SSSR count). The Bertz CT molecular complexity index is 1020. The Labute approximate surface area is 331 Å². The minimum atomic E-state index is -4.56. The zero-order chi connectivity index (χ0) is 40.0. The first-order valence-electron chi connectivity index (χ1n) is 21.5. The van der Waals surface area contributed by atoms with Crippen molar-refractivity contribution in [2.75, 3.05) is 47.5 Å². The van der Waals surface area contributed by atoms with Crippen LogP contribution in [0, 0.1) is 0 Å². The molecule has 0 saturated heterocycles. The highest BCUT2D eigenvalue weighted by molar-refractivity contribution is 7.45. The summed E-state index contributed by atoms with van der Waals surface area (Å²) in [7, 11) is 1.26. The van der Waals surface area contributed by atoms with Crippen molar-refractivity contribution in [2.24, 2.45) is 0 Å². The molecule has 0 aliphatic carbocycles. The molecule has 0 heterocycles. The highest BCUT2D eigenvalue weighted by Gasteiger charge is 2.19. The number of rotatable bonds is 39. The second-order valence-corrected chi connectivity index (χ2v) is 17.0. The quantitative estimate of drug-likeness (QED) is 0.0125. The Morgan fingerprint density at radius 1 is 0.704 bits per heavy atom. The summed E-state index contributed by atoms with van der Waals surface area (Å²) >= 11 is 0. The SMILES string of the molecule is CCCCCCCC/C=C/C/C=C/C=C/C(O)CCCC(=O)OC[C@H](COP(=O)([O-])OCC[N+](C)(C)C)O/C=C/CCCCCCCCCCCCCC. The number of carbonyl (C=O) groups excluding carboxylic acids is 1. The molecule has 0 aliphatic heterocycles. The summed E-state index contributed by atoms with van der Waals surface area (Å²) in [6, 6.07) is 0. The number of nitrogens with zero attached hydrogens (tertiary/aromatic N) is 1. The van der Waals surface area contributed by atoms with E-state index in [2.05, 4.69) is 32.1 Å². The zero-order valence-electron chi connectivity index (χ0n) is 35.3. The monoisotopic (exact) mass is 784 g/mol. The van der Waals surface area contributed by atoms with Gasteiger partial charge in [0.1, 0.15) is 19.8 Å². The molecule has 0 radical (unpaired) electrons. The van der Waals surface area contributed by atoms with E-state index in [1.165, 1.54) is 109 Å². The van der Waals surface area contributed by atoms with Gasteiger partial charge in [0.2, 0.25) is 0 Å². The first kappa shape index (κ1) is 52.3. The summed E-state index contributed by atoms with van der Waals surface area (Å²) in [5.41, 5.74) is 0. The van der Waals surface area contributed by atoms with Crippen molar-refractivity contribution in [3.8, 4) is 0 Å². The van der Waals surface area contributed by atoms with Crippen LogP contribution in [-0.2, 0) is 27.9 Å². The highest BCUT2D eigenvalue weighted by Crippen LogP contribution is 2.38. The molecule has 9 nitrogen and oxygen atoms in total.